The third kappa shape index (κ3) is 4.80. The second-order valence-corrected chi connectivity index (χ2v) is 6.78. The Morgan fingerprint density at radius 3 is 2.45 bits per heavy atom. The van der Waals surface area contributed by atoms with Crippen molar-refractivity contribution in [2.45, 2.75) is 40.3 Å². The molecule has 0 fully saturated rings. The molecule has 2 amide bonds. The summed E-state index contributed by atoms with van der Waals surface area (Å²) in [7, 11) is 0. The fourth-order valence-corrected chi connectivity index (χ4v) is 3.00. The minimum atomic E-state index is -0.483. The van der Waals surface area contributed by atoms with Gasteiger partial charge in [-0.25, -0.2) is 0 Å². The summed E-state index contributed by atoms with van der Waals surface area (Å²) in [5.41, 5.74) is 0. The molecule has 112 valence electrons. The van der Waals surface area contributed by atoms with Gasteiger partial charge in [-0.05, 0) is 25.0 Å². The Labute approximate surface area is 129 Å². The molecule has 0 radical (unpaired) electrons. The number of likely N-dealkylation sites (N-methyl/N-ethyl adjacent to an activating group) is 1. The number of amides is 2. The van der Waals surface area contributed by atoms with E-state index in [1.807, 2.05) is 32.9 Å². The first kappa shape index (κ1) is 17.0. The molecule has 1 aromatic rings. The van der Waals surface area contributed by atoms with E-state index in [9.17, 15) is 9.59 Å². The zero-order valence-corrected chi connectivity index (χ0v) is 13.8. The van der Waals surface area contributed by atoms with Crippen LogP contribution in [-0.4, -0.2) is 29.3 Å². The molecular formula is C14H21ClN2O2S. The van der Waals surface area contributed by atoms with Crippen molar-refractivity contribution in [2.24, 2.45) is 5.92 Å². The summed E-state index contributed by atoms with van der Waals surface area (Å²) in [5, 5.41) is 2.73. The molecule has 1 unspecified atom stereocenters. The summed E-state index contributed by atoms with van der Waals surface area (Å²) in [6, 6.07) is 3.27. The molecule has 20 heavy (non-hydrogen) atoms. The van der Waals surface area contributed by atoms with Gasteiger partial charge < -0.3 is 10.2 Å². The third-order valence-corrected chi connectivity index (χ3v) is 4.18. The lowest BCUT2D eigenvalue weighted by Gasteiger charge is -2.28. The fraction of sp³-hybridized carbons (Fsp3) is 0.571. The summed E-state index contributed by atoms with van der Waals surface area (Å²) >= 11 is 7.37. The number of carbonyl (C=O) groups excluding carboxylic acids is 2. The normalized spacial score (nSPS) is 12.3. The SMILES string of the molecule is CCN(Cc1ccc(Cl)s1)C(=O)C(NC(C)=O)C(C)C. The molecule has 1 N–H and O–H groups in total. The van der Waals surface area contributed by atoms with Gasteiger partial charge in [0.2, 0.25) is 11.8 Å². The van der Waals surface area contributed by atoms with Gasteiger partial charge >= 0.3 is 0 Å². The lowest BCUT2D eigenvalue weighted by molar-refractivity contribution is -0.137. The lowest BCUT2D eigenvalue weighted by Crippen LogP contribution is -2.50. The summed E-state index contributed by atoms with van der Waals surface area (Å²) in [5.74, 6) is -0.193. The second-order valence-electron chi connectivity index (χ2n) is 4.98. The lowest BCUT2D eigenvalue weighted by atomic mass is 10.0. The van der Waals surface area contributed by atoms with Crippen LogP contribution in [0.5, 0.6) is 0 Å². The summed E-state index contributed by atoms with van der Waals surface area (Å²) in [6.07, 6.45) is 0. The minimum Gasteiger partial charge on any atom is -0.344 e. The van der Waals surface area contributed by atoms with Crippen LogP contribution in [0.3, 0.4) is 0 Å². The van der Waals surface area contributed by atoms with Gasteiger partial charge in [0, 0.05) is 18.3 Å². The van der Waals surface area contributed by atoms with Crippen molar-refractivity contribution in [1.29, 1.82) is 0 Å². The van der Waals surface area contributed by atoms with Crippen LogP contribution in [0.15, 0.2) is 12.1 Å². The number of hydrogen-bond acceptors (Lipinski definition) is 3. The molecule has 1 atom stereocenters. The van der Waals surface area contributed by atoms with Crippen LogP contribution >= 0.6 is 22.9 Å². The standard InChI is InChI=1S/C14H21ClN2O2S/c1-5-17(8-11-6-7-12(15)20-11)14(19)13(9(2)3)16-10(4)18/h6-7,9,13H,5,8H2,1-4H3,(H,16,18). The summed E-state index contributed by atoms with van der Waals surface area (Å²) in [6.45, 7) is 8.33. The Hall–Kier alpha value is -1.07. The number of hydrogen-bond donors (Lipinski definition) is 1. The maximum absolute atomic E-state index is 12.5. The maximum Gasteiger partial charge on any atom is 0.245 e. The average molecular weight is 317 g/mol. The second kappa shape index (κ2) is 7.64. The van der Waals surface area contributed by atoms with Gasteiger partial charge in [-0.2, -0.15) is 0 Å². The highest BCUT2D eigenvalue weighted by molar-refractivity contribution is 7.16. The number of nitrogens with one attached hydrogen (secondary N) is 1. The van der Waals surface area contributed by atoms with Crippen molar-refractivity contribution < 1.29 is 9.59 Å². The minimum absolute atomic E-state index is 0.0485. The molecule has 1 aromatic heterocycles. The van der Waals surface area contributed by atoms with E-state index in [1.165, 1.54) is 18.3 Å². The largest absolute Gasteiger partial charge is 0.344 e. The smallest absolute Gasteiger partial charge is 0.245 e. The number of nitrogens with zero attached hydrogens (tertiary/aromatic N) is 1. The number of halogens is 1. The van der Waals surface area contributed by atoms with Crippen LogP contribution in [0.2, 0.25) is 4.34 Å². The molecule has 0 saturated carbocycles. The highest BCUT2D eigenvalue weighted by Gasteiger charge is 2.27. The van der Waals surface area contributed by atoms with Crippen molar-refractivity contribution in [3.63, 3.8) is 0 Å². The predicted molar refractivity (Wildman–Crippen MR) is 82.9 cm³/mol. The number of rotatable bonds is 6. The Morgan fingerprint density at radius 2 is 2.05 bits per heavy atom. The molecular weight excluding hydrogens is 296 g/mol. The zero-order chi connectivity index (χ0) is 15.3. The van der Waals surface area contributed by atoms with E-state index in [0.29, 0.717) is 17.4 Å². The average Bonchev–Trinajstić information content (AvgIpc) is 2.77. The molecule has 0 aliphatic rings. The van der Waals surface area contributed by atoms with Gasteiger partial charge in [-0.1, -0.05) is 25.4 Å². The van der Waals surface area contributed by atoms with Gasteiger partial charge in [-0.3, -0.25) is 9.59 Å². The topological polar surface area (TPSA) is 49.4 Å². The van der Waals surface area contributed by atoms with E-state index >= 15 is 0 Å². The molecule has 1 heterocycles. The van der Waals surface area contributed by atoms with Gasteiger partial charge in [0.25, 0.3) is 0 Å². The van der Waals surface area contributed by atoms with Crippen LogP contribution in [0.25, 0.3) is 0 Å². The van der Waals surface area contributed by atoms with E-state index in [4.69, 9.17) is 11.6 Å². The Balaban J connectivity index is 2.80. The van der Waals surface area contributed by atoms with Crippen molar-refractivity contribution in [1.82, 2.24) is 10.2 Å². The third-order valence-electron chi connectivity index (χ3n) is 2.96. The molecule has 0 bridgehead atoms. The van der Waals surface area contributed by atoms with Crippen molar-refractivity contribution in [3.8, 4) is 0 Å². The molecule has 0 aliphatic carbocycles. The van der Waals surface area contributed by atoms with Crippen molar-refractivity contribution >= 4 is 34.8 Å². The molecule has 4 nitrogen and oxygen atoms in total. The van der Waals surface area contributed by atoms with E-state index in [0.717, 1.165) is 4.88 Å². The predicted octanol–water partition coefficient (Wildman–Crippen LogP) is 2.91. The van der Waals surface area contributed by atoms with E-state index in [-0.39, 0.29) is 17.7 Å². The Kier molecular flexibility index (Phi) is 6.49. The van der Waals surface area contributed by atoms with E-state index < -0.39 is 6.04 Å². The van der Waals surface area contributed by atoms with Crippen LogP contribution in [-0.2, 0) is 16.1 Å². The van der Waals surface area contributed by atoms with Gasteiger partial charge in [-0.15, -0.1) is 11.3 Å². The van der Waals surface area contributed by atoms with Crippen molar-refractivity contribution in [2.75, 3.05) is 6.54 Å². The monoisotopic (exact) mass is 316 g/mol. The van der Waals surface area contributed by atoms with E-state index in [1.54, 1.807) is 4.90 Å². The number of carbonyl (C=O) groups is 2. The Morgan fingerprint density at radius 1 is 1.40 bits per heavy atom. The fourth-order valence-electron chi connectivity index (χ4n) is 1.90. The number of thiophene rings is 1. The molecule has 1 rings (SSSR count). The first-order chi connectivity index (χ1) is 9.35. The molecule has 0 saturated heterocycles. The van der Waals surface area contributed by atoms with Crippen LogP contribution in [0.1, 0.15) is 32.6 Å². The molecule has 6 heteroatoms. The van der Waals surface area contributed by atoms with Gasteiger partial charge in [0.15, 0.2) is 0 Å². The van der Waals surface area contributed by atoms with Crippen molar-refractivity contribution in [3.05, 3.63) is 21.3 Å². The summed E-state index contributed by atoms with van der Waals surface area (Å²) in [4.78, 5) is 26.6. The van der Waals surface area contributed by atoms with Crippen LogP contribution < -0.4 is 5.32 Å². The van der Waals surface area contributed by atoms with E-state index in [2.05, 4.69) is 5.32 Å². The van der Waals surface area contributed by atoms with Crippen LogP contribution in [0.4, 0.5) is 0 Å². The first-order valence-corrected chi connectivity index (χ1v) is 7.84. The van der Waals surface area contributed by atoms with Gasteiger partial charge in [0.05, 0.1) is 10.9 Å². The van der Waals surface area contributed by atoms with Crippen LogP contribution in [0, 0.1) is 5.92 Å². The molecule has 0 spiro atoms. The zero-order valence-electron chi connectivity index (χ0n) is 12.3. The quantitative estimate of drug-likeness (QED) is 0.877. The van der Waals surface area contributed by atoms with Gasteiger partial charge in [0.1, 0.15) is 6.04 Å². The summed E-state index contributed by atoms with van der Waals surface area (Å²) < 4.78 is 0.714. The first-order valence-electron chi connectivity index (χ1n) is 6.65. The Bertz CT molecular complexity index is 473. The molecule has 0 aromatic carbocycles. The molecule has 0 aliphatic heterocycles. The highest BCUT2D eigenvalue weighted by Crippen LogP contribution is 2.23. The highest BCUT2D eigenvalue weighted by atomic mass is 35.5. The maximum atomic E-state index is 12.5.